The largest absolute Gasteiger partial charge is 0.382 e. The molecule has 2 heteroatoms. The molecule has 1 fully saturated rings. The number of benzene rings is 1. The summed E-state index contributed by atoms with van der Waals surface area (Å²) in [5, 5.41) is 3.72. The highest BCUT2D eigenvalue weighted by atomic mass is 16.5. The molecule has 2 atom stereocenters. The van der Waals surface area contributed by atoms with E-state index in [2.05, 4.69) is 36.5 Å². The highest BCUT2D eigenvalue weighted by molar-refractivity contribution is 5.51. The van der Waals surface area contributed by atoms with Gasteiger partial charge in [0.2, 0.25) is 0 Å². The summed E-state index contributed by atoms with van der Waals surface area (Å²) < 4.78 is 5.26. The summed E-state index contributed by atoms with van der Waals surface area (Å²) in [5.41, 5.74) is 2.51. The molecule has 2 unspecified atom stereocenters. The van der Waals surface area contributed by atoms with E-state index in [0.717, 1.165) is 5.92 Å². The molecule has 0 radical (unpaired) electrons. The Bertz CT molecular complexity index is 364. The lowest BCUT2D eigenvalue weighted by Crippen LogP contribution is -2.27. The van der Waals surface area contributed by atoms with Gasteiger partial charge in [0.25, 0.3) is 0 Å². The van der Waals surface area contributed by atoms with Gasteiger partial charge < -0.3 is 10.1 Å². The Labute approximate surface area is 111 Å². The molecule has 1 aromatic rings. The fourth-order valence-electron chi connectivity index (χ4n) is 2.96. The molecule has 0 aromatic heterocycles. The minimum Gasteiger partial charge on any atom is -0.382 e. The zero-order valence-electron chi connectivity index (χ0n) is 11.6. The van der Waals surface area contributed by atoms with Crippen LogP contribution in [0.1, 0.15) is 44.6 Å². The van der Waals surface area contributed by atoms with Gasteiger partial charge in [-0.05, 0) is 24.8 Å². The van der Waals surface area contributed by atoms with Crippen molar-refractivity contribution in [3.8, 4) is 0 Å². The second kappa shape index (κ2) is 6.79. The van der Waals surface area contributed by atoms with E-state index in [1.54, 1.807) is 7.11 Å². The minimum absolute atomic E-state index is 0.640. The fraction of sp³-hybridized carbons (Fsp3) is 0.625. The molecule has 0 amide bonds. The maximum Gasteiger partial charge on any atom is 0.0733 e. The standard InChI is InChI=1S/C16H25NO/c1-3-13-7-6-9-15(11-13)17-16-10-5-4-8-14(16)12-18-2/h4-5,8,10,13,15,17H,3,6-7,9,11-12H2,1-2H3. The van der Waals surface area contributed by atoms with Crippen molar-refractivity contribution in [2.75, 3.05) is 12.4 Å². The summed E-state index contributed by atoms with van der Waals surface area (Å²) in [6, 6.07) is 9.13. The molecule has 1 aliphatic rings. The minimum atomic E-state index is 0.640. The maximum absolute atomic E-state index is 5.26. The van der Waals surface area contributed by atoms with Gasteiger partial charge in [0.15, 0.2) is 0 Å². The third-order valence-electron chi connectivity index (χ3n) is 4.04. The number of nitrogens with one attached hydrogen (secondary N) is 1. The van der Waals surface area contributed by atoms with Crippen molar-refractivity contribution in [2.24, 2.45) is 5.92 Å². The SMILES string of the molecule is CCC1CCCC(Nc2ccccc2COC)C1. The van der Waals surface area contributed by atoms with E-state index in [0.29, 0.717) is 12.6 Å². The zero-order valence-corrected chi connectivity index (χ0v) is 11.6. The van der Waals surface area contributed by atoms with Crippen molar-refractivity contribution in [3.63, 3.8) is 0 Å². The van der Waals surface area contributed by atoms with Gasteiger partial charge >= 0.3 is 0 Å². The Balaban J connectivity index is 1.99. The van der Waals surface area contributed by atoms with Gasteiger partial charge in [0.05, 0.1) is 6.61 Å². The lowest BCUT2D eigenvalue weighted by Gasteiger charge is -2.30. The molecule has 0 aliphatic heterocycles. The lowest BCUT2D eigenvalue weighted by atomic mass is 9.84. The smallest absolute Gasteiger partial charge is 0.0733 e. The van der Waals surface area contributed by atoms with Crippen LogP contribution in [0, 0.1) is 5.92 Å². The van der Waals surface area contributed by atoms with Crippen molar-refractivity contribution in [3.05, 3.63) is 29.8 Å². The number of para-hydroxylation sites is 1. The number of methoxy groups -OCH3 is 1. The second-order valence-electron chi connectivity index (χ2n) is 5.37. The van der Waals surface area contributed by atoms with E-state index >= 15 is 0 Å². The van der Waals surface area contributed by atoms with E-state index in [9.17, 15) is 0 Å². The maximum atomic E-state index is 5.26. The third-order valence-corrected chi connectivity index (χ3v) is 4.04. The number of hydrogen-bond donors (Lipinski definition) is 1. The van der Waals surface area contributed by atoms with Gasteiger partial charge in [0.1, 0.15) is 0 Å². The average molecular weight is 247 g/mol. The van der Waals surface area contributed by atoms with Crippen LogP contribution in [0.2, 0.25) is 0 Å². The highest BCUT2D eigenvalue weighted by Crippen LogP contribution is 2.29. The van der Waals surface area contributed by atoms with Crippen LogP contribution in [0.15, 0.2) is 24.3 Å². The molecule has 100 valence electrons. The van der Waals surface area contributed by atoms with E-state index < -0.39 is 0 Å². The normalized spacial score (nSPS) is 23.9. The van der Waals surface area contributed by atoms with Gasteiger partial charge in [-0.15, -0.1) is 0 Å². The Morgan fingerprint density at radius 3 is 2.89 bits per heavy atom. The zero-order chi connectivity index (χ0) is 12.8. The summed E-state index contributed by atoms with van der Waals surface area (Å²) in [6.45, 7) is 3.00. The van der Waals surface area contributed by atoms with Crippen LogP contribution >= 0.6 is 0 Å². The molecule has 1 aromatic carbocycles. The molecule has 18 heavy (non-hydrogen) atoms. The van der Waals surface area contributed by atoms with Crippen molar-refractivity contribution in [1.82, 2.24) is 0 Å². The quantitative estimate of drug-likeness (QED) is 0.841. The van der Waals surface area contributed by atoms with Gasteiger partial charge in [-0.2, -0.15) is 0 Å². The second-order valence-corrected chi connectivity index (χ2v) is 5.37. The molecule has 0 saturated heterocycles. The summed E-state index contributed by atoms with van der Waals surface area (Å²) >= 11 is 0. The van der Waals surface area contributed by atoms with Crippen LogP contribution in [-0.4, -0.2) is 13.2 Å². The lowest BCUT2D eigenvalue weighted by molar-refractivity contribution is 0.185. The van der Waals surface area contributed by atoms with Gasteiger partial charge in [0, 0.05) is 24.4 Å². The number of anilines is 1. The van der Waals surface area contributed by atoms with E-state index in [4.69, 9.17) is 4.74 Å². The van der Waals surface area contributed by atoms with Crippen LogP contribution in [0.3, 0.4) is 0 Å². The van der Waals surface area contributed by atoms with Crippen LogP contribution in [-0.2, 0) is 11.3 Å². The first-order valence-corrected chi connectivity index (χ1v) is 7.16. The van der Waals surface area contributed by atoms with Crippen LogP contribution in [0.5, 0.6) is 0 Å². The van der Waals surface area contributed by atoms with Crippen molar-refractivity contribution in [1.29, 1.82) is 0 Å². The molecule has 2 nitrogen and oxygen atoms in total. The van der Waals surface area contributed by atoms with Gasteiger partial charge in [-0.1, -0.05) is 44.4 Å². The van der Waals surface area contributed by atoms with Crippen molar-refractivity contribution >= 4 is 5.69 Å². The number of rotatable bonds is 5. The predicted molar refractivity (Wildman–Crippen MR) is 76.8 cm³/mol. The molecular weight excluding hydrogens is 222 g/mol. The molecule has 0 spiro atoms. The van der Waals surface area contributed by atoms with E-state index in [1.807, 2.05) is 0 Å². The Morgan fingerprint density at radius 1 is 1.28 bits per heavy atom. The predicted octanol–water partition coefficient (Wildman–Crippen LogP) is 4.21. The first-order chi connectivity index (χ1) is 8.83. The first kappa shape index (κ1) is 13.4. The van der Waals surface area contributed by atoms with Crippen LogP contribution < -0.4 is 5.32 Å². The Morgan fingerprint density at radius 2 is 2.11 bits per heavy atom. The monoisotopic (exact) mass is 247 g/mol. The topological polar surface area (TPSA) is 21.3 Å². The summed E-state index contributed by atoms with van der Waals surface area (Å²) in [5.74, 6) is 0.908. The van der Waals surface area contributed by atoms with Crippen molar-refractivity contribution < 1.29 is 4.74 Å². The number of hydrogen-bond acceptors (Lipinski definition) is 2. The third kappa shape index (κ3) is 3.49. The van der Waals surface area contributed by atoms with E-state index in [-0.39, 0.29) is 0 Å². The summed E-state index contributed by atoms with van der Waals surface area (Å²) in [6.07, 6.45) is 6.71. The fourth-order valence-corrected chi connectivity index (χ4v) is 2.96. The van der Waals surface area contributed by atoms with Crippen molar-refractivity contribution in [2.45, 2.75) is 51.7 Å². The Kier molecular flexibility index (Phi) is 5.06. The summed E-state index contributed by atoms with van der Waals surface area (Å²) in [7, 11) is 1.75. The Hall–Kier alpha value is -1.02. The van der Waals surface area contributed by atoms with Crippen LogP contribution in [0.25, 0.3) is 0 Å². The first-order valence-electron chi connectivity index (χ1n) is 7.16. The average Bonchev–Trinajstić information content (AvgIpc) is 2.41. The molecule has 0 bridgehead atoms. The van der Waals surface area contributed by atoms with Gasteiger partial charge in [-0.3, -0.25) is 0 Å². The molecule has 0 heterocycles. The molecule has 1 aliphatic carbocycles. The number of ether oxygens (including phenoxy) is 1. The molecule has 1 saturated carbocycles. The summed E-state index contributed by atoms with van der Waals surface area (Å²) in [4.78, 5) is 0. The highest BCUT2D eigenvalue weighted by Gasteiger charge is 2.20. The van der Waals surface area contributed by atoms with Gasteiger partial charge in [-0.25, -0.2) is 0 Å². The molecule has 2 rings (SSSR count). The van der Waals surface area contributed by atoms with Crippen LogP contribution in [0.4, 0.5) is 5.69 Å². The molecular formula is C16H25NO. The van der Waals surface area contributed by atoms with E-state index in [1.165, 1.54) is 43.4 Å². The molecule has 1 N–H and O–H groups in total.